The highest BCUT2D eigenvalue weighted by atomic mass is 16.2. The molecule has 0 unspecified atom stereocenters. The third-order valence-corrected chi connectivity index (χ3v) is 7.78. The molecule has 2 aliphatic carbocycles. The first-order valence-electron chi connectivity index (χ1n) is 11.1. The predicted molar refractivity (Wildman–Crippen MR) is 109 cm³/mol. The monoisotopic (exact) mass is 391 g/mol. The average molecular weight is 392 g/mol. The Morgan fingerprint density at radius 1 is 1.14 bits per heavy atom. The Kier molecular flexibility index (Phi) is 6.06. The predicted octanol–water partition coefficient (Wildman–Crippen LogP) is 3.60. The second kappa shape index (κ2) is 8.03. The van der Waals surface area contributed by atoms with E-state index in [2.05, 4.69) is 38.3 Å². The summed E-state index contributed by atoms with van der Waals surface area (Å²) in [6, 6.07) is -0.240. The van der Waals surface area contributed by atoms with Gasteiger partial charge in [0.15, 0.2) is 0 Å². The lowest BCUT2D eigenvalue weighted by Gasteiger charge is -2.42. The molecule has 1 saturated heterocycles. The smallest absolute Gasteiger partial charge is 0.325 e. The first kappa shape index (κ1) is 21.1. The molecule has 28 heavy (non-hydrogen) atoms. The Labute approximate surface area is 169 Å². The maximum atomic E-state index is 13.1. The molecule has 158 valence electrons. The van der Waals surface area contributed by atoms with E-state index in [1.807, 2.05) is 0 Å². The van der Waals surface area contributed by atoms with E-state index in [0.29, 0.717) is 24.7 Å². The Morgan fingerprint density at radius 2 is 1.75 bits per heavy atom. The van der Waals surface area contributed by atoms with Gasteiger partial charge in [-0.05, 0) is 68.6 Å². The van der Waals surface area contributed by atoms with Gasteiger partial charge >= 0.3 is 6.03 Å². The third-order valence-electron chi connectivity index (χ3n) is 7.78. The van der Waals surface area contributed by atoms with Gasteiger partial charge in [-0.2, -0.15) is 0 Å². The average Bonchev–Trinajstić information content (AvgIpc) is 2.88. The molecule has 6 nitrogen and oxygen atoms in total. The summed E-state index contributed by atoms with van der Waals surface area (Å²) in [5, 5.41) is 5.95. The van der Waals surface area contributed by atoms with Crippen LogP contribution in [0.1, 0.15) is 85.5 Å². The van der Waals surface area contributed by atoms with Crippen LogP contribution in [-0.4, -0.2) is 40.9 Å². The summed E-state index contributed by atoms with van der Waals surface area (Å²) in [5.74, 6) is 0.851. The largest absolute Gasteiger partial charge is 0.352 e. The molecule has 4 amide bonds. The van der Waals surface area contributed by atoms with Gasteiger partial charge in [0.25, 0.3) is 5.91 Å². The molecule has 0 atom stereocenters. The molecule has 1 spiro atoms. The van der Waals surface area contributed by atoms with Gasteiger partial charge in [-0.1, -0.05) is 34.1 Å². The molecular weight excluding hydrogens is 354 g/mol. The molecule has 0 aromatic rings. The summed E-state index contributed by atoms with van der Waals surface area (Å²) in [6.07, 6.45) is 8.52. The van der Waals surface area contributed by atoms with Gasteiger partial charge in [0.05, 0.1) is 0 Å². The van der Waals surface area contributed by atoms with Crippen LogP contribution in [-0.2, 0) is 9.59 Å². The van der Waals surface area contributed by atoms with Crippen molar-refractivity contribution >= 4 is 17.8 Å². The third kappa shape index (κ3) is 4.20. The highest BCUT2D eigenvalue weighted by Crippen LogP contribution is 2.45. The number of hydrogen-bond acceptors (Lipinski definition) is 3. The molecule has 0 radical (unpaired) electrons. The molecule has 2 N–H and O–H groups in total. The fraction of sp³-hybridized carbons (Fsp3) is 0.864. The maximum Gasteiger partial charge on any atom is 0.325 e. The van der Waals surface area contributed by atoms with Crippen molar-refractivity contribution in [2.24, 2.45) is 17.3 Å². The molecule has 3 rings (SSSR count). The van der Waals surface area contributed by atoms with Crippen LogP contribution in [0.15, 0.2) is 0 Å². The molecule has 0 bridgehead atoms. The first-order valence-corrected chi connectivity index (χ1v) is 11.1. The quantitative estimate of drug-likeness (QED) is 0.703. The zero-order chi connectivity index (χ0) is 20.5. The van der Waals surface area contributed by atoms with Gasteiger partial charge in [-0.3, -0.25) is 14.5 Å². The van der Waals surface area contributed by atoms with E-state index < -0.39 is 11.6 Å². The van der Waals surface area contributed by atoms with Gasteiger partial charge in [-0.25, -0.2) is 4.79 Å². The molecule has 1 aliphatic heterocycles. The molecule has 3 fully saturated rings. The number of imide groups is 1. The van der Waals surface area contributed by atoms with Crippen molar-refractivity contribution in [1.82, 2.24) is 15.5 Å². The first-order chi connectivity index (χ1) is 13.2. The summed E-state index contributed by atoms with van der Waals surface area (Å²) in [4.78, 5) is 39.1. The van der Waals surface area contributed by atoms with Crippen LogP contribution in [0.4, 0.5) is 4.79 Å². The van der Waals surface area contributed by atoms with E-state index in [-0.39, 0.29) is 29.8 Å². The Hall–Kier alpha value is -1.59. The van der Waals surface area contributed by atoms with Crippen LogP contribution in [0.25, 0.3) is 0 Å². The molecule has 6 heteroatoms. The lowest BCUT2D eigenvalue weighted by molar-refractivity contribution is -0.136. The fourth-order valence-electron chi connectivity index (χ4n) is 5.16. The lowest BCUT2D eigenvalue weighted by atomic mass is 9.65. The normalized spacial score (nSPS) is 33.9. The van der Waals surface area contributed by atoms with Crippen LogP contribution in [0.5, 0.6) is 0 Å². The Bertz CT molecular complexity index is 615. The van der Waals surface area contributed by atoms with E-state index in [1.54, 1.807) is 0 Å². The number of hydrogen-bond donors (Lipinski definition) is 2. The van der Waals surface area contributed by atoms with Crippen LogP contribution in [0.3, 0.4) is 0 Å². The molecule has 0 aromatic carbocycles. The Morgan fingerprint density at radius 3 is 2.32 bits per heavy atom. The standard InChI is InChI=1S/C22H37N3O3/c1-5-21(3,4)16-10-12-22(13-11-16)19(27)25(20(28)24-22)14-18(26)23-17-8-6-15(2)7-9-17/h15-17H,5-14H2,1-4H3,(H,23,26)(H,24,28). The van der Waals surface area contributed by atoms with E-state index in [4.69, 9.17) is 0 Å². The second-order valence-corrected chi connectivity index (χ2v) is 10.0. The van der Waals surface area contributed by atoms with Crippen molar-refractivity contribution in [3.8, 4) is 0 Å². The number of nitrogens with zero attached hydrogens (tertiary/aromatic N) is 1. The minimum atomic E-state index is -0.794. The lowest BCUT2D eigenvalue weighted by Crippen LogP contribution is -2.51. The van der Waals surface area contributed by atoms with Crippen LogP contribution >= 0.6 is 0 Å². The molecule has 2 saturated carbocycles. The van der Waals surface area contributed by atoms with Crippen molar-refractivity contribution in [3.63, 3.8) is 0 Å². The van der Waals surface area contributed by atoms with Gasteiger partial charge in [0, 0.05) is 6.04 Å². The molecular formula is C22H37N3O3. The molecule has 1 heterocycles. The minimum Gasteiger partial charge on any atom is -0.352 e. The summed E-state index contributed by atoms with van der Waals surface area (Å²) < 4.78 is 0. The van der Waals surface area contributed by atoms with Crippen LogP contribution in [0.2, 0.25) is 0 Å². The van der Waals surface area contributed by atoms with E-state index in [9.17, 15) is 14.4 Å². The highest BCUT2D eigenvalue weighted by Gasteiger charge is 2.53. The van der Waals surface area contributed by atoms with Gasteiger partial charge in [0.2, 0.25) is 5.91 Å². The second-order valence-electron chi connectivity index (χ2n) is 10.0. The number of carbonyl (C=O) groups is 3. The minimum absolute atomic E-state index is 0.164. The number of amides is 4. The summed E-state index contributed by atoms with van der Waals surface area (Å²) in [6.45, 7) is 8.85. The SMILES string of the molecule is CCC(C)(C)C1CCC2(CC1)NC(=O)N(CC(=O)NC1CCC(C)CC1)C2=O. The van der Waals surface area contributed by atoms with E-state index >= 15 is 0 Å². The molecule has 0 aromatic heterocycles. The van der Waals surface area contributed by atoms with Crippen molar-refractivity contribution in [3.05, 3.63) is 0 Å². The van der Waals surface area contributed by atoms with Crippen molar-refractivity contribution in [1.29, 1.82) is 0 Å². The van der Waals surface area contributed by atoms with Crippen molar-refractivity contribution < 1.29 is 14.4 Å². The maximum absolute atomic E-state index is 13.1. The zero-order valence-corrected chi connectivity index (χ0v) is 18.0. The van der Waals surface area contributed by atoms with Gasteiger partial charge in [0.1, 0.15) is 12.1 Å². The summed E-state index contributed by atoms with van der Waals surface area (Å²) >= 11 is 0. The number of urea groups is 1. The number of nitrogens with one attached hydrogen (secondary N) is 2. The Balaban J connectivity index is 1.56. The van der Waals surface area contributed by atoms with Crippen molar-refractivity contribution in [2.75, 3.05) is 6.54 Å². The summed E-state index contributed by atoms with van der Waals surface area (Å²) in [5.41, 5.74) is -0.539. The van der Waals surface area contributed by atoms with E-state index in [1.165, 1.54) is 0 Å². The highest BCUT2D eigenvalue weighted by molar-refractivity contribution is 6.09. The van der Waals surface area contributed by atoms with Crippen LogP contribution < -0.4 is 10.6 Å². The van der Waals surface area contributed by atoms with Crippen molar-refractivity contribution in [2.45, 2.75) is 97.1 Å². The topological polar surface area (TPSA) is 78.5 Å². The number of rotatable bonds is 5. The molecule has 3 aliphatic rings. The van der Waals surface area contributed by atoms with Gasteiger partial charge < -0.3 is 10.6 Å². The number of carbonyl (C=O) groups excluding carboxylic acids is 3. The van der Waals surface area contributed by atoms with Gasteiger partial charge in [-0.15, -0.1) is 0 Å². The fourth-order valence-corrected chi connectivity index (χ4v) is 5.16. The zero-order valence-electron chi connectivity index (χ0n) is 18.0. The van der Waals surface area contributed by atoms with Crippen LogP contribution in [0, 0.1) is 17.3 Å². The summed E-state index contributed by atoms with van der Waals surface area (Å²) in [7, 11) is 0. The van der Waals surface area contributed by atoms with E-state index in [0.717, 1.165) is 49.8 Å².